The minimum absolute atomic E-state index is 0.0330. The van der Waals surface area contributed by atoms with E-state index in [0.717, 1.165) is 13.0 Å². The van der Waals surface area contributed by atoms with Crippen LogP contribution >= 0.6 is 11.6 Å². The molecule has 21 heavy (non-hydrogen) atoms. The first kappa shape index (κ1) is 15.1. The molecule has 0 radical (unpaired) electrons. The second kappa shape index (κ2) is 6.95. The van der Waals surface area contributed by atoms with Crippen LogP contribution in [0.4, 0.5) is 22.7 Å². The van der Waals surface area contributed by atoms with Crippen LogP contribution in [0.2, 0.25) is 5.02 Å². The SMILES string of the molecule is CCCNc1cc(Nc2ccccc2Cl)cc([N+](=O)[O-])c1. The Morgan fingerprint density at radius 1 is 1.19 bits per heavy atom. The predicted molar refractivity (Wildman–Crippen MR) is 86.6 cm³/mol. The first-order chi connectivity index (χ1) is 10.1. The second-order valence-electron chi connectivity index (χ2n) is 4.56. The molecule has 0 saturated heterocycles. The van der Waals surface area contributed by atoms with Gasteiger partial charge in [-0.1, -0.05) is 30.7 Å². The zero-order valence-electron chi connectivity index (χ0n) is 11.6. The van der Waals surface area contributed by atoms with Crippen molar-refractivity contribution in [2.24, 2.45) is 0 Å². The van der Waals surface area contributed by atoms with Crippen molar-refractivity contribution in [3.05, 3.63) is 57.6 Å². The van der Waals surface area contributed by atoms with E-state index < -0.39 is 4.92 Å². The van der Waals surface area contributed by atoms with Crippen molar-refractivity contribution in [3.63, 3.8) is 0 Å². The van der Waals surface area contributed by atoms with Gasteiger partial charge in [-0.3, -0.25) is 10.1 Å². The van der Waals surface area contributed by atoms with E-state index in [2.05, 4.69) is 10.6 Å². The predicted octanol–water partition coefficient (Wildman–Crippen LogP) is 4.81. The lowest BCUT2D eigenvalue weighted by Crippen LogP contribution is -2.02. The van der Waals surface area contributed by atoms with Crippen LogP contribution in [0, 0.1) is 10.1 Å². The second-order valence-corrected chi connectivity index (χ2v) is 4.96. The summed E-state index contributed by atoms with van der Waals surface area (Å²) >= 11 is 6.09. The Kier molecular flexibility index (Phi) is 5.00. The van der Waals surface area contributed by atoms with Crippen LogP contribution < -0.4 is 10.6 Å². The van der Waals surface area contributed by atoms with Crippen molar-refractivity contribution >= 4 is 34.4 Å². The van der Waals surface area contributed by atoms with E-state index in [-0.39, 0.29) is 5.69 Å². The third-order valence-corrected chi connectivity index (χ3v) is 3.19. The number of anilines is 3. The molecule has 6 heteroatoms. The van der Waals surface area contributed by atoms with Crippen molar-refractivity contribution in [2.45, 2.75) is 13.3 Å². The molecule has 2 rings (SSSR count). The van der Waals surface area contributed by atoms with Gasteiger partial charge >= 0.3 is 0 Å². The van der Waals surface area contributed by atoms with Crippen LogP contribution in [-0.4, -0.2) is 11.5 Å². The molecule has 0 aliphatic rings. The Morgan fingerprint density at radius 3 is 2.57 bits per heavy atom. The first-order valence-electron chi connectivity index (χ1n) is 6.65. The molecule has 0 amide bonds. The number of rotatable bonds is 6. The van der Waals surface area contributed by atoms with Gasteiger partial charge in [-0.25, -0.2) is 0 Å². The van der Waals surface area contributed by atoms with Gasteiger partial charge in [0.05, 0.1) is 15.6 Å². The fraction of sp³-hybridized carbons (Fsp3) is 0.200. The van der Waals surface area contributed by atoms with Crippen LogP contribution in [0.25, 0.3) is 0 Å². The van der Waals surface area contributed by atoms with Gasteiger partial charge in [-0.2, -0.15) is 0 Å². The number of hydrogen-bond donors (Lipinski definition) is 2. The Morgan fingerprint density at radius 2 is 1.90 bits per heavy atom. The molecule has 5 nitrogen and oxygen atoms in total. The molecule has 0 fully saturated rings. The molecule has 0 spiro atoms. The monoisotopic (exact) mass is 305 g/mol. The summed E-state index contributed by atoms with van der Waals surface area (Å²) in [6.07, 6.45) is 0.940. The van der Waals surface area contributed by atoms with Crippen LogP contribution in [0.1, 0.15) is 13.3 Å². The van der Waals surface area contributed by atoms with Crippen molar-refractivity contribution in [3.8, 4) is 0 Å². The molecule has 2 aromatic carbocycles. The van der Waals surface area contributed by atoms with E-state index in [4.69, 9.17) is 11.6 Å². The van der Waals surface area contributed by atoms with Crippen molar-refractivity contribution < 1.29 is 4.92 Å². The molecular weight excluding hydrogens is 290 g/mol. The molecule has 0 aliphatic heterocycles. The molecule has 0 heterocycles. The van der Waals surface area contributed by atoms with Crippen molar-refractivity contribution in [2.75, 3.05) is 17.2 Å². The Bertz CT molecular complexity index is 647. The molecule has 2 aromatic rings. The summed E-state index contributed by atoms with van der Waals surface area (Å²) < 4.78 is 0. The Hall–Kier alpha value is -2.27. The largest absolute Gasteiger partial charge is 0.385 e. The number of non-ortho nitro benzene ring substituents is 1. The molecule has 0 saturated carbocycles. The fourth-order valence-corrected chi connectivity index (χ4v) is 2.06. The van der Waals surface area contributed by atoms with Crippen LogP contribution in [0.15, 0.2) is 42.5 Å². The average Bonchev–Trinajstić information content (AvgIpc) is 2.47. The van der Waals surface area contributed by atoms with Crippen molar-refractivity contribution in [1.82, 2.24) is 0 Å². The lowest BCUT2D eigenvalue weighted by Gasteiger charge is -2.11. The van der Waals surface area contributed by atoms with Crippen LogP contribution in [0.5, 0.6) is 0 Å². The highest BCUT2D eigenvalue weighted by Crippen LogP contribution is 2.29. The van der Waals surface area contributed by atoms with Crippen LogP contribution in [-0.2, 0) is 0 Å². The van der Waals surface area contributed by atoms with E-state index in [1.165, 1.54) is 12.1 Å². The van der Waals surface area contributed by atoms with Crippen molar-refractivity contribution in [1.29, 1.82) is 0 Å². The third-order valence-electron chi connectivity index (χ3n) is 2.86. The summed E-state index contributed by atoms with van der Waals surface area (Å²) in [4.78, 5) is 10.6. The molecule has 110 valence electrons. The van der Waals surface area contributed by atoms with E-state index in [1.807, 2.05) is 31.2 Å². The lowest BCUT2D eigenvalue weighted by atomic mass is 10.2. The number of nitro groups is 1. The van der Waals surface area contributed by atoms with E-state index in [9.17, 15) is 10.1 Å². The smallest absolute Gasteiger partial charge is 0.273 e. The number of halogens is 1. The van der Waals surface area contributed by atoms with E-state index >= 15 is 0 Å². The summed E-state index contributed by atoms with van der Waals surface area (Å²) in [6.45, 7) is 2.79. The van der Waals surface area contributed by atoms with Crippen LogP contribution in [0.3, 0.4) is 0 Å². The highest BCUT2D eigenvalue weighted by atomic mass is 35.5. The zero-order chi connectivity index (χ0) is 15.2. The third kappa shape index (κ3) is 4.10. The van der Waals surface area contributed by atoms with Gasteiger partial charge in [0.1, 0.15) is 0 Å². The molecule has 0 unspecified atom stereocenters. The number of nitrogens with one attached hydrogen (secondary N) is 2. The molecular formula is C15H16ClN3O2. The first-order valence-corrected chi connectivity index (χ1v) is 7.03. The van der Waals surface area contributed by atoms with Gasteiger partial charge < -0.3 is 10.6 Å². The summed E-state index contributed by atoms with van der Waals surface area (Å²) in [5.41, 5.74) is 2.07. The standard InChI is InChI=1S/C15H16ClN3O2/c1-2-7-17-11-8-12(10-13(9-11)19(20)21)18-15-6-4-3-5-14(15)16/h3-6,8-10,17-18H,2,7H2,1H3. The van der Waals surface area contributed by atoms with E-state index in [1.54, 1.807) is 6.07 Å². The fourth-order valence-electron chi connectivity index (χ4n) is 1.88. The van der Waals surface area contributed by atoms with E-state index in [0.29, 0.717) is 22.1 Å². The highest BCUT2D eigenvalue weighted by Gasteiger charge is 2.10. The summed E-state index contributed by atoms with van der Waals surface area (Å²) in [6, 6.07) is 12.1. The summed E-state index contributed by atoms with van der Waals surface area (Å²) in [5, 5.41) is 17.8. The number of nitrogens with zero attached hydrogens (tertiary/aromatic N) is 1. The molecule has 0 bridgehead atoms. The lowest BCUT2D eigenvalue weighted by molar-refractivity contribution is -0.384. The maximum absolute atomic E-state index is 11.0. The number of benzene rings is 2. The molecule has 0 atom stereocenters. The Balaban J connectivity index is 2.31. The zero-order valence-corrected chi connectivity index (χ0v) is 12.4. The minimum Gasteiger partial charge on any atom is -0.385 e. The summed E-state index contributed by atoms with van der Waals surface area (Å²) in [5.74, 6) is 0. The van der Waals surface area contributed by atoms with Gasteiger partial charge in [0.25, 0.3) is 5.69 Å². The minimum atomic E-state index is -0.408. The molecule has 2 N–H and O–H groups in total. The Labute approximate surface area is 128 Å². The van der Waals surface area contributed by atoms with Gasteiger partial charge in [0, 0.05) is 30.1 Å². The van der Waals surface area contributed by atoms with Gasteiger partial charge in [0.15, 0.2) is 0 Å². The molecule has 0 aromatic heterocycles. The maximum Gasteiger partial charge on any atom is 0.273 e. The number of nitro benzene ring substituents is 1. The highest BCUT2D eigenvalue weighted by molar-refractivity contribution is 6.33. The summed E-state index contributed by atoms with van der Waals surface area (Å²) in [7, 11) is 0. The maximum atomic E-state index is 11.0. The normalized spacial score (nSPS) is 10.2. The number of hydrogen-bond acceptors (Lipinski definition) is 4. The average molecular weight is 306 g/mol. The number of para-hydroxylation sites is 1. The topological polar surface area (TPSA) is 67.2 Å². The quantitative estimate of drug-likeness (QED) is 0.593. The molecule has 0 aliphatic carbocycles. The van der Waals surface area contributed by atoms with Gasteiger partial charge in [-0.15, -0.1) is 0 Å². The van der Waals surface area contributed by atoms with Gasteiger partial charge in [-0.05, 0) is 24.6 Å². The van der Waals surface area contributed by atoms with Gasteiger partial charge in [0.2, 0.25) is 0 Å².